The van der Waals surface area contributed by atoms with Crippen molar-refractivity contribution in [2.24, 2.45) is 0 Å². The Kier molecular flexibility index (Phi) is 5.29. The van der Waals surface area contributed by atoms with Crippen molar-refractivity contribution < 1.29 is 9.47 Å². The molecule has 1 saturated heterocycles. The minimum Gasteiger partial charge on any atom is -0.492 e. The Balaban J connectivity index is 1.87. The van der Waals surface area contributed by atoms with Crippen LogP contribution in [0.1, 0.15) is 18.9 Å². The first kappa shape index (κ1) is 13.7. The average molecular weight is 270 g/mol. The van der Waals surface area contributed by atoms with Crippen LogP contribution in [0.25, 0.3) is 0 Å². The van der Waals surface area contributed by atoms with Crippen LogP contribution in [0.2, 0.25) is 5.02 Å². The summed E-state index contributed by atoms with van der Waals surface area (Å²) >= 11 is 6.16. The van der Waals surface area contributed by atoms with Gasteiger partial charge < -0.3 is 14.8 Å². The molecule has 2 rings (SSSR count). The number of rotatable bonds is 5. The van der Waals surface area contributed by atoms with Gasteiger partial charge >= 0.3 is 0 Å². The van der Waals surface area contributed by atoms with Crippen LogP contribution in [0.4, 0.5) is 0 Å². The molecular weight excluding hydrogens is 250 g/mol. The third kappa shape index (κ3) is 3.87. The monoisotopic (exact) mass is 269 g/mol. The molecule has 0 amide bonds. The molecule has 1 aliphatic rings. The zero-order chi connectivity index (χ0) is 12.8. The molecule has 3 nitrogen and oxygen atoms in total. The van der Waals surface area contributed by atoms with Gasteiger partial charge in [-0.2, -0.15) is 0 Å². The lowest BCUT2D eigenvalue weighted by Gasteiger charge is -2.23. The van der Waals surface area contributed by atoms with Crippen molar-refractivity contribution in [1.82, 2.24) is 5.32 Å². The molecule has 1 N–H and O–H groups in total. The third-order valence-electron chi connectivity index (χ3n) is 3.08. The van der Waals surface area contributed by atoms with Crippen molar-refractivity contribution in [3.05, 3.63) is 28.8 Å². The Morgan fingerprint density at radius 2 is 2.39 bits per heavy atom. The van der Waals surface area contributed by atoms with Gasteiger partial charge in [0.1, 0.15) is 5.75 Å². The van der Waals surface area contributed by atoms with E-state index in [1.807, 2.05) is 19.1 Å². The molecule has 1 fully saturated rings. The van der Waals surface area contributed by atoms with Crippen LogP contribution in [0, 0.1) is 0 Å². The lowest BCUT2D eigenvalue weighted by atomic mass is 10.0. The maximum Gasteiger partial charge on any atom is 0.137 e. The Hall–Kier alpha value is -0.770. The number of halogens is 1. The third-order valence-corrected chi connectivity index (χ3v) is 3.37. The quantitative estimate of drug-likeness (QED) is 0.892. The lowest BCUT2D eigenvalue weighted by Crippen LogP contribution is -2.41. The largest absolute Gasteiger partial charge is 0.492 e. The van der Waals surface area contributed by atoms with Gasteiger partial charge in [0, 0.05) is 12.6 Å². The molecule has 1 aliphatic heterocycles. The molecule has 0 aliphatic carbocycles. The molecule has 1 atom stereocenters. The van der Waals surface area contributed by atoms with Gasteiger partial charge in [-0.3, -0.25) is 0 Å². The summed E-state index contributed by atoms with van der Waals surface area (Å²) in [7, 11) is 0. The molecule has 0 radical (unpaired) electrons. The van der Waals surface area contributed by atoms with Gasteiger partial charge in [-0.1, -0.05) is 17.7 Å². The molecule has 100 valence electrons. The van der Waals surface area contributed by atoms with Crippen LogP contribution in [0.3, 0.4) is 0 Å². The van der Waals surface area contributed by atoms with E-state index in [1.165, 1.54) is 5.56 Å². The second kappa shape index (κ2) is 6.98. The van der Waals surface area contributed by atoms with E-state index in [1.54, 1.807) is 0 Å². The first-order chi connectivity index (χ1) is 8.79. The van der Waals surface area contributed by atoms with Crippen LogP contribution < -0.4 is 10.1 Å². The van der Waals surface area contributed by atoms with E-state index in [-0.39, 0.29) is 0 Å². The van der Waals surface area contributed by atoms with Crippen LogP contribution in [-0.4, -0.2) is 32.4 Å². The van der Waals surface area contributed by atoms with Crippen molar-refractivity contribution in [1.29, 1.82) is 0 Å². The molecule has 18 heavy (non-hydrogen) atoms. The predicted molar refractivity (Wildman–Crippen MR) is 73.6 cm³/mol. The first-order valence-electron chi connectivity index (χ1n) is 6.52. The second-order valence-corrected chi connectivity index (χ2v) is 4.87. The highest BCUT2D eigenvalue weighted by atomic mass is 35.5. The van der Waals surface area contributed by atoms with Crippen molar-refractivity contribution >= 4 is 11.6 Å². The van der Waals surface area contributed by atoms with Gasteiger partial charge in [0.05, 0.1) is 24.8 Å². The highest BCUT2D eigenvalue weighted by Crippen LogP contribution is 2.26. The number of hydrogen-bond donors (Lipinski definition) is 1. The zero-order valence-electron chi connectivity index (χ0n) is 10.7. The summed E-state index contributed by atoms with van der Waals surface area (Å²) in [6.07, 6.45) is 2.08. The molecular formula is C14H20ClNO2. The summed E-state index contributed by atoms with van der Waals surface area (Å²) in [4.78, 5) is 0. The molecule has 4 heteroatoms. The fraction of sp³-hybridized carbons (Fsp3) is 0.571. The van der Waals surface area contributed by atoms with Crippen LogP contribution >= 0.6 is 11.6 Å². The number of aryl methyl sites for hydroxylation is 1. The zero-order valence-corrected chi connectivity index (χ0v) is 11.5. The number of benzene rings is 1. The van der Waals surface area contributed by atoms with Gasteiger partial charge in [0.25, 0.3) is 0 Å². The normalized spacial score (nSPS) is 19.8. The van der Waals surface area contributed by atoms with Crippen LogP contribution in [-0.2, 0) is 11.2 Å². The molecule has 1 unspecified atom stereocenters. The SMILES string of the molecule is CCOc1ccc(CCC2COCCN2)cc1Cl. The minimum atomic E-state index is 0.462. The number of nitrogens with one attached hydrogen (secondary N) is 1. The fourth-order valence-corrected chi connectivity index (χ4v) is 2.38. The molecule has 0 bridgehead atoms. The van der Waals surface area contributed by atoms with Crippen molar-refractivity contribution in [3.8, 4) is 5.75 Å². The maximum absolute atomic E-state index is 6.16. The van der Waals surface area contributed by atoms with E-state index in [9.17, 15) is 0 Å². The summed E-state index contributed by atoms with van der Waals surface area (Å²) < 4.78 is 10.9. The molecule has 0 saturated carbocycles. The minimum absolute atomic E-state index is 0.462. The molecule has 1 aromatic carbocycles. The van der Waals surface area contributed by atoms with Crippen LogP contribution in [0.15, 0.2) is 18.2 Å². The maximum atomic E-state index is 6.16. The fourth-order valence-electron chi connectivity index (χ4n) is 2.12. The Labute approximate surface area is 113 Å². The van der Waals surface area contributed by atoms with Gasteiger partial charge in [-0.05, 0) is 37.5 Å². The molecule has 0 spiro atoms. The smallest absolute Gasteiger partial charge is 0.137 e. The van der Waals surface area contributed by atoms with Crippen LogP contribution in [0.5, 0.6) is 5.75 Å². The van der Waals surface area contributed by atoms with Crippen molar-refractivity contribution in [2.75, 3.05) is 26.4 Å². The van der Waals surface area contributed by atoms with E-state index in [2.05, 4.69) is 11.4 Å². The summed E-state index contributed by atoms with van der Waals surface area (Å²) in [5.74, 6) is 0.766. The van der Waals surface area contributed by atoms with E-state index in [0.717, 1.165) is 38.3 Å². The molecule has 1 aromatic rings. The summed E-state index contributed by atoms with van der Waals surface area (Å²) in [5.41, 5.74) is 1.25. The van der Waals surface area contributed by atoms with Gasteiger partial charge in [0.15, 0.2) is 0 Å². The van der Waals surface area contributed by atoms with Gasteiger partial charge in [-0.15, -0.1) is 0 Å². The summed E-state index contributed by atoms with van der Waals surface area (Å²) in [6, 6.07) is 6.49. The topological polar surface area (TPSA) is 30.5 Å². The summed E-state index contributed by atoms with van der Waals surface area (Å²) in [6.45, 7) is 5.19. The highest BCUT2D eigenvalue weighted by Gasteiger charge is 2.13. The number of hydrogen-bond acceptors (Lipinski definition) is 3. The Morgan fingerprint density at radius 1 is 1.50 bits per heavy atom. The Morgan fingerprint density at radius 3 is 3.06 bits per heavy atom. The van der Waals surface area contributed by atoms with E-state index < -0.39 is 0 Å². The van der Waals surface area contributed by atoms with E-state index >= 15 is 0 Å². The number of morpholine rings is 1. The molecule has 0 aromatic heterocycles. The predicted octanol–water partition coefficient (Wildman–Crippen LogP) is 2.66. The standard InChI is InChI=1S/C14H20ClNO2/c1-2-18-14-6-4-11(9-13(14)15)3-5-12-10-17-8-7-16-12/h4,6,9,12,16H,2-3,5,7-8,10H2,1H3. The Bertz CT molecular complexity index is 378. The summed E-state index contributed by atoms with van der Waals surface area (Å²) in [5, 5.41) is 4.15. The van der Waals surface area contributed by atoms with Gasteiger partial charge in [-0.25, -0.2) is 0 Å². The van der Waals surface area contributed by atoms with Crippen molar-refractivity contribution in [2.45, 2.75) is 25.8 Å². The first-order valence-corrected chi connectivity index (χ1v) is 6.89. The van der Waals surface area contributed by atoms with Crippen molar-refractivity contribution in [3.63, 3.8) is 0 Å². The lowest BCUT2D eigenvalue weighted by molar-refractivity contribution is 0.0743. The number of ether oxygens (including phenoxy) is 2. The highest BCUT2D eigenvalue weighted by molar-refractivity contribution is 6.32. The van der Waals surface area contributed by atoms with E-state index in [0.29, 0.717) is 17.7 Å². The molecule has 1 heterocycles. The van der Waals surface area contributed by atoms with Gasteiger partial charge in [0.2, 0.25) is 0 Å². The average Bonchev–Trinajstić information content (AvgIpc) is 2.41. The second-order valence-electron chi connectivity index (χ2n) is 4.46. The van der Waals surface area contributed by atoms with E-state index in [4.69, 9.17) is 21.1 Å².